The monoisotopic (exact) mass is 361 g/mol. The standard InChI is InChI=1S/C15H23NO5S2/c1-4-16(11-12-6-5-9-21-12)14-8-7-13(22(2,17)18)10-15(14)23(3,19)20/h7-8,10,12H,4-6,9,11H2,1-3H3. The van der Waals surface area contributed by atoms with Crippen LogP contribution in [-0.4, -0.2) is 55.1 Å². The number of nitrogens with zero attached hydrogens (tertiary/aromatic N) is 1. The zero-order valence-corrected chi connectivity index (χ0v) is 15.3. The number of benzene rings is 1. The van der Waals surface area contributed by atoms with Crippen LogP contribution in [0, 0.1) is 0 Å². The highest BCUT2D eigenvalue weighted by molar-refractivity contribution is 7.91. The normalized spacial score (nSPS) is 19.0. The number of hydrogen-bond acceptors (Lipinski definition) is 6. The van der Waals surface area contributed by atoms with Gasteiger partial charge in [0, 0.05) is 32.2 Å². The molecule has 0 saturated carbocycles. The minimum absolute atomic E-state index is 0.00912. The second kappa shape index (κ2) is 6.78. The third-order valence-electron chi connectivity index (χ3n) is 3.93. The molecule has 1 saturated heterocycles. The number of likely N-dealkylation sites (N-methyl/N-ethyl adjacent to an activating group) is 1. The van der Waals surface area contributed by atoms with E-state index in [0.717, 1.165) is 32.0 Å². The average Bonchev–Trinajstić information content (AvgIpc) is 2.95. The fourth-order valence-corrected chi connectivity index (χ4v) is 4.36. The highest BCUT2D eigenvalue weighted by Gasteiger charge is 2.24. The molecular formula is C15H23NO5S2. The van der Waals surface area contributed by atoms with Gasteiger partial charge in [-0.25, -0.2) is 16.8 Å². The summed E-state index contributed by atoms with van der Waals surface area (Å²) in [6.07, 6.45) is 4.20. The highest BCUT2D eigenvalue weighted by Crippen LogP contribution is 2.29. The topological polar surface area (TPSA) is 80.8 Å². The molecular weight excluding hydrogens is 338 g/mol. The minimum Gasteiger partial charge on any atom is -0.376 e. The molecule has 130 valence electrons. The summed E-state index contributed by atoms with van der Waals surface area (Å²) in [6, 6.07) is 4.28. The van der Waals surface area contributed by atoms with Gasteiger partial charge in [-0.05, 0) is 38.0 Å². The molecule has 0 aliphatic carbocycles. The fraction of sp³-hybridized carbons (Fsp3) is 0.600. The quantitative estimate of drug-likeness (QED) is 0.764. The molecule has 0 radical (unpaired) electrons. The van der Waals surface area contributed by atoms with Crippen LogP contribution in [0.2, 0.25) is 0 Å². The van der Waals surface area contributed by atoms with Gasteiger partial charge in [0.25, 0.3) is 0 Å². The molecule has 1 unspecified atom stereocenters. The molecule has 1 aliphatic rings. The Hall–Kier alpha value is -1.12. The SMILES string of the molecule is CCN(CC1CCCO1)c1ccc(S(C)(=O)=O)cc1S(C)(=O)=O. The minimum atomic E-state index is -3.55. The van der Waals surface area contributed by atoms with Crippen LogP contribution < -0.4 is 4.90 Å². The number of hydrogen-bond donors (Lipinski definition) is 0. The van der Waals surface area contributed by atoms with E-state index in [4.69, 9.17) is 4.74 Å². The smallest absolute Gasteiger partial charge is 0.177 e. The Morgan fingerprint density at radius 1 is 1.17 bits per heavy atom. The molecule has 0 amide bonds. The maximum absolute atomic E-state index is 12.1. The first-order valence-corrected chi connectivity index (χ1v) is 11.3. The third-order valence-corrected chi connectivity index (χ3v) is 6.17. The molecule has 23 heavy (non-hydrogen) atoms. The molecule has 8 heteroatoms. The molecule has 2 rings (SSSR count). The van der Waals surface area contributed by atoms with E-state index in [0.29, 0.717) is 18.8 Å². The zero-order chi connectivity index (χ0) is 17.3. The van der Waals surface area contributed by atoms with Crippen molar-refractivity contribution in [3.8, 4) is 0 Å². The van der Waals surface area contributed by atoms with E-state index in [9.17, 15) is 16.8 Å². The second-order valence-corrected chi connectivity index (χ2v) is 9.85. The maximum atomic E-state index is 12.1. The van der Waals surface area contributed by atoms with Gasteiger partial charge in [-0.15, -0.1) is 0 Å². The predicted molar refractivity (Wildman–Crippen MR) is 89.5 cm³/mol. The molecule has 0 spiro atoms. The van der Waals surface area contributed by atoms with Gasteiger partial charge in [-0.1, -0.05) is 0 Å². The van der Waals surface area contributed by atoms with E-state index in [1.54, 1.807) is 6.07 Å². The molecule has 1 aromatic rings. The van der Waals surface area contributed by atoms with Crippen LogP contribution in [0.4, 0.5) is 5.69 Å². The van der Waals surface area contributed by atoms with Crippen molar-refractivity contribution in [1.29, 1.82) is 0 Å². The Labute approximate surface area is 138 Å². The van der Waals surface area contributed by atoms with Gasteiger partial charge < -0.3 is 9.64 Å². The van der Waals surface area contributed by atoms with Crippen molar-refractivity contribution in [3.05, 3.63) is 18.2 Å². The Bertz CT molecular complexity index is 765. The van der Waals surface area contributed by atoms with Gasteiger partial charge in [0.05, 0.1) is 21.6 Å². The molecule has 1 aromatic carbocycles. The maximum Gasteiger partial charge on any atom is 0.177 e. The van der Waals surface area contributed by atoms with Gasteiger partial charge in [0.1, 0.15) is 0 Å². The van der Waals surface area contributed by atoms with Crippen molar-refractivity contribution >= 4 is 25.4 Å². The lowest BCUT2D eigenvalue weighted by Crippen LogP contribution is -2.33. The third kappa shape index (κ3) is 4.45. The zero-order valence-electron chi connectivity index (χ0n) is 13.6. The first-order chi connectivity index (χ1) is 10.6. The summed E-state index contributed by atoms with van der Waals surface area (Å²) in [7, 11) is -7.02. The van der Waals surface area contributed by atoms with Crippen LogP contribution >= 0.6 is 0 Å². The fourth-order valence-electron chi connectivity index (χ4n) is 2.72. The van der Waals surface area contributed by atoms with Gasteiger partial charge in [0.2, 0.25) is 0 Å². The lowest BCUT2D eigenvalue weighted by atomic mass is 10.2. The van der Waals surface area contributed by atoms with Crippen molar-refractivity contribution in [1.82, 2.24) is 0 Å². The summed E-state index contributed by atoms with van der Waals surface area (Å²) in [5.41, 5.74) is 0.526. The predicted octanol–water partition coefficient (Wildman–Crippen LogP) is 1.50. The van der Waals surface area contributed by atoms with E-state index in [1.165, 1.54) is 12.1 Å². The van der Waals surface area contributed by atoms with Crippen molar-refractivity contribution in [3.63, 3.8) is 0 Å². The van der Waals surface area contributed by atoms with Crippen molar-refractivity contribution in [2.24, 2.45) is 0 Å². The van der Waals surface area contributed by atoms with Crippen LogP contribution in [0.1, 0.15) is 19.8 Å². The summed E-state index contributed by atoms with van der Waals surface area (Å²) in [6.45, 7) is 3.87. The summed E-state index contributed by atoms with van der Waals surface area (Å²) in [5.74, 6) is 0. The van der Waals surface area contributed by atoms with Crippen molar-refractivity contribution < 1.29 is 21.6 Å². The van der Waals surface area contributed by atoms with Gasteiger partial charge in [-0.2, -0.15) is 0 Å². The van der Waals surface area contributed by atoms with Gasteiger partial charge in [-0.3, -0.25) is 0 Å². The molecule has 1 aliphatic heterocycles. The van der Waals surface area contributed by atoms with Gasteiger partial charge >= 0.3 is 0 Å². The number of anilines is 1. The van der Waals surface area contributed by atoms with E-state index in [-0.39, 0.29) is 15.9 Å². The number of rotatable bonds is 6. The highest BCUT2D eigenvalue weighted by atomic mass is 32.2. The first kappa shape index (κ1) is 18.2. The van der Waals surface area contributed by atoms with E-state index < -0.39 is 19.7 Å². The average molecular weight is 361 g/mol. The molecule has 0 aromatic heterocycles. The molecule has 1 heterocycles. The molecule has 6 nitrogen and oxygen atoms in total. The summed E-state index contributed by atoms with van der Waals surface area (Å²) in [4.78, 5) is 1.98. The first-order valence-electron chi connectivity index (χ1n) is 7.53. The lowest BCUT2D eigenvalue weighted by molar-refractivity contribution is 0.115. The molecule has 0 bridgehead atoms. The Morgan fingerprint density at radius 2 is 1.87 bits per heavy atom. The Kier molecular flexibility index (Phi) is 5.37. The van der Waals surface area contributed by atoms with Crippen LogP contribution in [0.3, 0.4) is 0 Å². The van der Waals surface area contributed by atoms with Crippen molar-refractivity contribution in [2.45, 2.75) is 35.7 Å². The van der Waals surface area contributed by atoms with Crippen molar-refractivity contribution in [2.75, 3.05) is 37.1 Å². The Balaban J connectivity index is 2.47. The number of ether oxygens (including phenoxy) is 1. The lowest BCUT2D eigenvalue weighted by Gasteiger charge is -2.28. The number of sulfone groups is 2. The molecule has 1 fully saturated rings. The summed E-state index contributed by atoms with van der Waals surface area (Å²) >= 11 is 0. The van der Waals surface area contributed by atoms with Crippen LogP contribution in [-0.2, 0) is 24.4 Å². The molecule has 0 N–H and O–H groups in total. The second-order valence-electron chi connectivity index (χ2n) is 5.85. The van der Waals surface area contributed by atoms with Gasteiger partial charge in [0.15, 0.2) is 19.7 Å². The largest absolute Gasteiger partial charge is 0.376 e. The van der Waals surface area contributed by atoms with Crippen LogP contribution in [0.5, 0.6) is 0 Å². The summed E-state index contributed by atoms with van der Waals surface area (Å²) in [5, 5.41) is 0. The van der Waals surface area contributed by atoms with E-state index in [1.807, 2.05) is 11.8 Å². The van der Waals surface area contributed by atoms with E-state index in [2.05, 4.69) is 0 Å². The van der Waals surface area contributed by atoms with E-state index >= 15 is 0 Å². The molecule has 1 atom stereocenters. The summed E-state index contributed by atoms with van der Waals surface area (Å²) < 4.78 is 53.3. The Morgan fingerprint density at radius 3 is 2.35 bits per heavy atom. The van der Waals surface area contributed by atoms with Crippen LogP contribution in [0.25, 0.3) is 0 Å². The van der Waals surface area contributed by atoms with Crippen LogP contribution in [0.15, 0.2) is 28.0 Å².